The molecule has 0 aliphatic heterocycles. The van der Waals surface area contributed by atoms with Crippen molar-refractivity contribution in [3.8, 4) is 0 Å². The highest BCUT2D eigenvalue weighted by atomic mass is 14.9. The fourth-order valence-electron chi connectivity index (χ4n) is 7.03. The van der Waals surface area contributed by atoms with E-state index in [-0.39, 0.29) is 0 Å². The van der Waals surface area contributed by atoms with Crippen LogP contribution in [0.2, 0.25) is 0 Å². The van der Waals surface area contributed by atoms with E-state index in [4.69, 9.17) is 0 Å². The molecule has 0 spiro atoms. The van der Waals surface area contributed by atoms with Gasteiger partial charge in [0.15, 0.2) is 0 Å². The SMILES string of the molecule is CC1CCC2(C)C3(C)CCC4C(C13)C42C. The molecule has 6 bridgehead atoms. The molecule has 5 rings (SSSR count). The van der Waals surface area contributed by atoms with Gasteiger partial charge >= 0.3 is 0 Å². The van der Waals surface area contributed by atoms with Gasteiger partial charge in [0.05, 0.1) is 0 Å². The second-order valence-corrected chi connectivity index (χ2v) is 7.74. The highest BCUT2D eigenvalue weighted by Crippen LogP contribution is 2.91. The van der Waals surface area contributed by atoms with Gasteiger partial charge in [-0.1, -0.05) is 27.7 Å². The maximum atomic E-state index is 2.64. The van der Waals surface area contributed by atoms with Crippen LogP contribution in [-0.4, -0.2) is 0 Å². The first-order valence-corrected chi connectivity index (χ1v) is 6.97. The van der Waals surface area contributed by atoms with Crippen LogP contribution in [0.1, 0.15) is 53.4 Å². The Kier molecular flexibility index (Phi) is 1.24. The average molecular weight is 204 g/mol. The van der Waals surface area contributed by atoms with Gasteiger partial charge in [-0.05, 0) is 65.6 Å². The third-order valence-electron chi connectivity index (χ3n) is 8.05. The van der Waals surface area contributed by atoms with Crippen molar-refractivity contribution < 1.29 is 0 Å². The van der Waals surface area contributed by atoms with Crippen LogP contribution in [0.25, 0.3) is 0 Å². The summed E-state index contributed by atoms with van der Waals surface area (Å²) in [4.78, 5) is 0. The molecule has 5 aliphatic carbocycles. The second-order valence-electron chi connectivity index (χ2n) is 7.74. The minimum atomic E-state index is 0.699. The molecule has 0 nitrogen and oxygen atoms in total. The van der Waals surface area contributed by atoms with Gasteiger partial charge in [0.2, 0.25) is 0 Å². The summed E-state index contributed by atoms with van der Waals surface area (Å²) in [5.74, 6) is 4.34. The summed E-state index contributed by atoms with van der Waals surface area (Å²) in [6.45, 7) is 10.5. The third kappa shape index (κ3) is 0.599. The van der Waals surface area contributed by atoms with Gasteiger partial charge in [0.25, 0.3) is 0 Å². The smallest absolute Gasteiger partial charge is 0.0201 e. The van der Waals surface area contributed by atoms with Gasteiger partial charge in [0, 0.05) is 0 Å². The minimum Gasteiger partial charge on any atom is -0.0622 e. The number of fused-ring (bicyclic) bond motifs is 1. The van der Waals surface area contributed by atoms with E-state index in [9.17, 15) is 0 Å². The maximum absolute atomic E-state index is 2.64. The first kappa shape index (κ1) is 9.07. The zero-order valence-electron chi connectivity index (χ0n) is 10.6. The average Bonchev–Trinajstić information content (AvgIpc) is 2.78. The summed E-state index contributed by atoms with van der Waals surface area (Å²) in [6.07, 6.45) is 6.12. The Balaban J connectivity index is 1.95. The molecular formula is C15H24. The Morgan fingerprint density at radius 2 is 1.67 bits per heavy atom. The molecule has 15 heavy (non-hydrogen) atoms. The Morgan fingerprint density at radius 3 is 2.33 bits per heavy atom. The van der Waals surface area contributed by atoms with Gasteiger partial charge in [-0.25, -0.2) is 0 Å². The lowest BCUT2D eigenvalue weighted by atomic mass is 9.45. The summed E-state index contributed by atoms with van der Waals surface area (Å²) < 4.78 is 0. The van der Waals surface area contributed by atoms with Crippen molar-refractivity contribution in [3.63, 3.8) is 0 Å². The van der Waals surface area contributed by atoms with Crippen LogP contribution >= 0.6 is 0 Å². The minimum absolute atomic E-state index is 0.699. The normalized spacial score (nSPS) is 74.4. The predicted molar refractivity (Wildman–Crippen MR) is 62.4 cm³/mol. The molecule has 0 heterocycles. The van der Waals surface area contributed by atoms with Crippen LogP contribution in [0.3, 0.4) is 0 Å². The van der Waals surface area contributed by atoms with Crippen LogP contribution < -0.4 is 0 Å². The van der Waals surface area contributed by atoms with Crippen molar-refractivity contribution in [1.29, 1.82) is 0 Å². The van der Waals surface area contributed by atoms with Crippen molar-refractivity contribution >= 4 is 0 Å². The van der Waals surface area contributed by atoms with Crippen molar-refractivity contribution in [1.82, 2.24) is 0 Å². The molecule has 7 atom stereocenters. The summed E-state index contributed by atoms with van der Waals surface area (Å²) in [6, 6.07) is 0. The molecule has 5 aliphatic rings. The molecular weight excluding hydrogens is 180 g/mol. The molecule has 0 radical (unpaired) electrons. The molecule has 0 aromatic heterocycles. The van der Waals surface area contributed by atoms with Crippen molar-refractivity contribution in [2.24, 2.45) is 39.9 Å². The molecule has 0 saturated heterocycles. The molecule has 0 N–H and O–H groups in total. The molecule has 0 aromatic rings. The van der Waals surface area contributed by atoms with Crippen molar-refractivity contribution in [2.45, 2.75) is 53.4 Å². The van der Waals surface area contributed by atoms with E-state index in [2.05, 4.69) is 27.7 Å². The summed E-state index contributed by atoms with van der Waals surface area (Å²) >= 11 is 0. The summed E-state index contributed by atoms with van der Waals surface area (Å²) in [5.41, 5.74) is 2.17. The first-order valence-electron chi connectivity index (χ1n) is 6.97. The lowest BCUT2D eigenvalue weighted by Gasteiger charge is -2.59. The van der Waals surface area contributed by atoms with E-state index in [0.717, 1.165) is 29.1 Å². The topological polar surface area (TPSA) is 0 Å². The predicted octanol–water partition coefficient (Wildman–Crippen LogP) is 4.10. The second kappa shape index (κ2) is 2.05. The Hall–Kier alpha value is 0. The quantitative estimate of drug-likeness (QED) is 0.557. The van der Waals surface area contributed by atoms with Gasteiger partial charge in [-0.15, -0.1) is 0 Å². The molecule has 7 unspecified atom stereocenters. The number of hydrogen-bond donors (Lipinski definition) is 0. The fraction of sp³-hybridized carbons (Fsp3) is 1.00. The van der Waals surface area contributed by atoms with E-state index < -0.39 is 0 Å². The van der Waals surface area contributed by atoms with Crippen molar-refractivity contribution in [3.05, 3.63) is 0 Å². The van der Waals surface area contributed by atoms with Gasteiger partial charge in [-0.3, -0.25) is 0 Å². The monoisotopic (exact) mass is 204 g/mol. The van der Waals surface area contributed by atoms with E-state index in [1.165, 1.54) is 19.3 Å². The summed E-state index contributed by atoms with van der Waals surface area (Å²) in [7, 11) is 0. The third-order valence-corrected chi connectivity index (χ3v) is 8.05. The van der Waals surface area contributed by atoms with Gasteiger partial charge in [-0.2, -0.15) is 0 Å². The first-order chi connectivity index (χ1) is 6.97. The largest absolute Gasteiger partial charge is 0.0622 e. The van der Waals surface area contributed by atoms with Crippen LogP contribution in [0, 0.1) is 39.9 Å². The van der Waals surface area contributed by atoms with Gasteiger partial charge < -0.3 is 0 Å². The zero-order valence-corrected chi connectivity index (χ0v) is 10.6. The molecule has 0 amide bonds. The number of rotatable bonds is 0. The van der Waals surface area contributed by atoms with E-state index in [1.54, 1.807) is 6.42 Å². The maximum Gasteiger partial charge on any atom is -0.0201 e. The van der Waals surface area contributed by atoms with Crippen LogP contribution in [0.4, 0.5) is 0 Å². The Labute approximate surface area is 93.8 Å². The Morgan fingerprint density at radius 1 is 0.933 bits per heavy atom. The van der Waals surface area contributed by atoms with Crippen LogP contribution in [0.15, 0.2) is 0 Å². The van der Waals surface area contributed by atoms with Crippen molar-refractivity contribution in [2.75, 3.05) is 0 Å². The standard InChI is InChI=1S/C15H24/c1-9-5-8-14(3)13(2)7-6-10-12(11(9)13)15(10,14)4/h9-12H,5-8H2,1-4H3. The van der Waals surface area contributed by atoms with E-state index >= 15 is 0 Å². The van der Waals surface area contributed by atoms with Crippen LogP contribution in [0.5, 0.6) is 0 Å². The molecule has 84 valence electrons. The van der Waals surface area contributed by atoms with Gasteiger partial charge in [0.1, 0.15) is 0 Å². The lowest BCUT2D eigenvalue weighted by molar-refractivity contribution is -0.106. The summed E-state index contributed by atoms with van der Waals surface area (Å²) in [5, 5.41) is 0. The molecule has 0 aromatic carbocycles. The molecule has 5 saturated carbocycles. The van der Waals surface area contributed by atoms with E-state index in [0.29, 0.717) is 10.8 Å². The highest BCUT2D eigenvalue weighted by Gasteiger charge is 2.86. The van der Waals surface area contributed by atoms with Crippen LogP contribution in [-0.2, 0) is 0 Å². The zero-order chi connectivity index (χ0) is 10.6. The number of hydrogen-bond acceptors (Lipinski definition) is 0. The van der Waals surface area contributed by atoms with E-state index in [1.807, 2.05) is 0 Å². The fourth-order valence-corrected chi connectivity index (χ4v) is 7.03. The Bertz CT molecular complexity index is 346. The molecule has 5 fully saturated rings. The molecule has 0 heteroatoms. The highest BCUT2D eigenvalue weighted by molar-refractivity contribution is 5.33. The lowest BCUT2D eigenvalue weighted by Crippen LogP contribution is -2.52.